The van der Waals surface area contributed by atoms with Crippen LogP contribution in [0, 0.1) is 0 Å². The average Bonchev–Trinajstić information content (AvgIpc) is 2.58. The monoisotopic (exact) mass is 313 g/mol. The van der Waals surface area contributed by atoms with Gasteiger partial charge in [-0.2, -0.15) is 0 Å². The van der Waals surface area contributed by atoms with Crippen LogP contribution < -0.4 is 15.5 Å². The second-order valence-corrected chi connectivity index (χ2v) is 5.05. The number of hydrogen-bond donors (Lipinski definition) is 2. The van der Waals surface area contributed by atoms with Crippen LogP contribution in [0.3, 0.4) is 0 Å². The van der Waals surface area contributed by atoms with Crippen molar-refractivity contribution in [1.29, 1.82) is 0 Å². The molecule has 0 unspecified atom stereocenters. The molecule has 2 rings (SSSR count). The second-order valence-electron chi connectivity index (χ2n) is 5.05. The fourth-order valence-electron chi connectivity index (χ4n) is 1.81. The van der Waals surface area contributed by atoms with E-state index in [4.69, 9.17) is 0 Å². The molecule has 0 radical (unpaired) electrons. The summed E-state index contributed by atoms with van der Waals surface area (Å²) >= 11 is 0. The largest absolute Gasteiger partial charge is 0.363 e. The third-order valence-corrected chi connectivity index (χ3v) is 3.04. The molecule has 2 N–H and O–H groups in total. The highest BCUT2D eigenvalue weighted by molar-refractivity contribution is 5.96. The first-order valence-corrected chi connectivity index (χ1v) is 7.15. The van der Waals surface area contributed by atoms with Crippen molar-refractivity contribution >= 4 is 17.6 Å². The van der Waals surface area contributed by atoms with Gasteiger partial charge in [0, 0.05) is 25.9 Å². The molecule has 23 heavy (non-hydrogen) atoms. The van der Waals surface area contributed by atoms with Gasteiger partial charge in [-0.15, -0.1) is 0 Å². The maximum absolute atomic E-state index is 11.8. The van der Waals surface area contributed by atoms with E-state index in [2.05, 4.69) is 20.6 Å². The first-order chi connectivity index (χ1) is 11.1. The molecule has 120 valence electrons. The van der Waals surface area contributed by atoms with Gasteiger partial charge < -0.3 is 15.5 Å². The molecule has 1 aromatic carbocycles. The Hall–Kier alpha value is -2.96. The van der Waals surface area contributed by atoms with Crippen molar-refractivity contribution in [2.24, 2.45) is 0 Å². The molecule has 0 saturated heterocycles. The molecule has 0 fully saturated rings. The molecule has 0 aliphatic heterocycles. The summed E-state index contributed by atoms with van der Waals surface area (Å²) in [5.74, 6) is 0.695. The van der Waals surface area contributed by atoms with E-state index in [-0.39, 0.29) is 24.9 Å². The van der Waals surface area contributed by atoms with Crippen molar-refractivity contribution in [2.45, 2.75) is 6.54 Å². The van der Waals surface area contributed by atoms with Gasteiger partial charge in [0.2, 0.25) is 5.91 Å². The Kier molecular flexibility index (Phi) is 5.62. The Labute approximate surface area is 134 Å². The Bertz CT molecular complexity index is 673. The molecule has 0 aliphatic carbocycles. The van der Waals surface area contributed by atoms with Crippen molar-refractivity contribution in [3.63, 3.8) is 0 Å². The van der Waals surface area contributed by atoms with Gasteiger partial charge in [0.1, 0.15) is 11.6 Å². The van der Waals surface area contributed by atoms with Crippen LogP contribution in [0.25, 0.3) is 0 Å². The lowest BCUT2D eigenvalue weighted by Gasteiger charge is -2.12. The number of aromatic nitrogens is 2. The number of benzene rings is 1. The molecule has 2 aromatic rings. The van der Waals surface area contributed by atoms with E-state index in [1.54, 1.807) is 36.5 Å². The normalized spacial score (nSPS) is 10.0. The van der Waals surface area contributed by atoms with Crippen LogP contribution in [0.15, 0.2) is 42.6 Å². The number of anilines is 1. The first-order valence-electron chi connectivity index (χ1n) is 7.15. The highest BCUT2D eigenvalue weighted by Crippen LogP contribution is 2.04. The lowest BCUT2D eigenvalue weighted by atomic mass is 10.2. The van der Waals surface area contributed by atoms with Crippen LogP contribution in [0.4, 0.5) is 5.82 Å². The van der Waals surface area contributed by atoms with E-state index in [9.17, 15) is 9.59 Å². The summed E-state index contributed by atoms with van der Waals surface area (Å²) in [6.07, 6.45) is 1.64. The first kappa shape index (κ1) is 16.4. The van der Waals surface area contributed by atoms with Crippen LogP contribution in [-0.4, -0.2) is 42.4 Å². The molecule has 7 heteroatoms. The van der Waals surface area contributed by atoms with E-state index in [0.717, 1.165) is 5.82 Å². The lowest BCUT2D eigenvalue weighted by molar-refractivity contribution is -0.120. The number of rotatable bonds is 6. The summed E-state index contributed by atoms with van der Waals surface area (Å²) in [5.41, 5.74) is 0.516. The number of nitrogens with one attached hydrogen (secondary N) is 2. The molecular formula is C16H19N5O2. The number of carbonyl (C=O) groups is 2. The summed E-state index contributed by atoms with van der Waals surface area (Å²) in [7, 11) is 3.76. The second kappa shape index (κ2) is 7.88. The summed E-state index contributed by atoms with van der Waals surface area (Å²) < 4.78 is 0. The number of amides is 2. The highest BCUT2D eigenvalue weighted by Gasteiger charge is 2.08. The minimum atomic E-state index is -0.298. The van der Waals surface area contributed by atoms with E-state index in [1.165, 1.54) is 0 Å². The molecule has 0 spiro atoms. The molecule has 0 saturated carbocycles. The summed E-state index contributed by atoms with van der Waals surface area (Å²) in [4.78, 5) is 33.9. The third-order valence-electron chi connectivity index (χ3n) is 3.04. The van der Waals surface area contributed by atoms with Gasteiger partial charge in [-0.05, 0) is 18.2 Å². The van der Waals surface area contributed by atoms with Gasteiger partial charge in [-0.1, -0.05) is 18.2 Å². The van der Waals surface area contributed by atoms with Crippen molar-refractivity contribution < 1.29 is 9.59 Å². The van der Waals surface area contributed by atoms with Crippen molar-refractivity contribution in [1.82, 2.24) is 20.6 Å². The third kappa shape index (κ3) is 5.06. The topological polar surface area (TPSA) is 87.2 Å². The van der Waals surface area contributed by atoms with Crippen molar-refractivity contribution in [3.05, 3.63) is 54.0 Å². The van der Waals surface area contributed by atoms with Gasteiger partial charge in [-0.25, -0.2) is 9.97 Å². The molecule has 0 atom stereocenters. The Morgan fingerprint density at radius 1 is 1.09 bits per heavy atom. The smallest absolute Gasteiger partial charge is 0.251 e. The SMILES string of the molecule is CN(C)c1ccnc(CNC(=O)CNC(=O)c2ccccc2)n1. The van der Waals surface area contributed by atoms with Crippen LogP contribution in [0.5, 0.6) is 0 Å². The Morgan fingerprint density at radius 3 is 2.52 bits per heavy atom. The minimum absolute atomic E-state index is 0.0961. The average molecular weight is 313 g/mol. The highest BCUT2D eigenvalue weighted by atomic mass is 16.2. The molecular weight excluding hydrogens is 294 g/mol. The van der Waals surface area contributed by atoms with Gasteiger partial charge in [-0.3, -0.25) is 9.59 Å². The number of hydrogen-bond acceptors (Lipinski definition) is 5. The molecule has 0 bridgehead atoms. The predicted molar refractivity (Wildman–Crippen MR) is 87.0 cm³/mol. The van der Waals surface area contributed by atoms with E-state index in [1.807, 2.05) is 25.1 Å². The van der Waals surface area contributed by atoms with Crippen molar-refractivity contribution in [2.75, 3.05) is 25.5 Å². The fraction of sp³-hybridized carbons (Fsp3) is 0.250. The van der Waals surface area contributed by atoms with Gasteiger partial charge in [0.05, 0.1) is 13.1 Å². The van der Waals surface area contributed by atoms with Gasteiger partial charge in [0.15, 0.2) is 0 Å². The van der Waals surface area contributed by atoms with Crippen LogP contribution in [-0.2, 0) is 11.3 Å². The standard InChI is InChI=1S/C16H19N5O2/c1-21(2)14-8-9-17-13(20-14)10-18-15(22)11-19-16(23)12-6-4-3-5-7-12/h3-9H,10-11H2,1-2H3,(H,18,22)(H,19,23). The molecule has 2 amide bonds. The molecule has 7 nitrogen and oxygen atoms in total. The fourth-order valence-corrected chi connectivity index (χ4v) is 1.81. The maximum Gasteiger partial charge on any atom is 0.251 e. The van der Waals surface area contributed by atoms with Crippen LogP contribution in [0.1, 0.15) is 16.2 Å². The zero-order valence-electron chi connectivity index (χ0n) is 13.1. The quantitative estimate of drug-likeness (QED) is 0.815. The number of carbonyl (C=O) groups excluding carboxylic acids is 2. The van der Waals surface area contributed by atoms with Crippen LogP contribution in [0.2, 0.25) is 0 Å². The molecule has 1 aromatic heterocycles. The zero-order chi connectivity index (χ0) is 16.7. The zero-order valence-corrected chi connectivity index (χ0v) is 13.1. The number of nitrogens with zero attached hydrogens (tertiary/aromatic N) is 3. The summed E-state index contributed by atoms with van der Waals surface area (Å²) in [5, 5.41) is 5.24. The molecule has 1 heterocycles. The van der Waals surface area contributed by atoms with E-state index in [0.29, 0.717) is 11.4 Å². The Balaban J connectivity index is 1.79. The molecule has 0 aliphatic rings. The maximum atomic E-state index is 11.8. The predicted octanol–water partition coefficient (Wildman–Crippen LogP) is 0.589. The Morgan fingerprint density at radius 2 is 1.83 bits per heavy atom. The van der Waals surface area contributed by atoms with Crippen molar-refractivity contribution in [3.8, 4) is 0 Å². The summed E-state index contributed by atoms with van der Waals surface area (Å²) in [6, 6.07) is 10.5. The summed E-state index contributed by atoms with van der Waals surface area (Å²) in [6.45, 7) is 0.114. The van der Waals surface area contributed by atoms with Gasteiger partial charge in [0.25, 0.3) is 5.91 Å². The van der Waals surface area contributed by atoms with E-state index < -0.39 is 0 Å². The van der Waals surface area contributed by atoms with E-state index >= 15 is 0 Å². The van der Waals surface area contributed by atoms with Crippen LogP contribution >= 0.6 is 0 Å². The minimum Gasteiger partial charge on any atom is -0.363 e. The van der Waals surface area contributed by atoms with Gasteiger partial charge >= 0.3 is 0 Å². The lowest BCUT2D eigenvalue weighted by Crippen LogP contribution is -2.36.